The number of amidine groups is 1. The molecule has 1 N–H and O–H groups in total. The van der Waals surface area contributed by atoms with Crippen LogP contribution in [0.2, 0.25) is 0 Å². The first-order valence-electron chi connectivity index (χ1n) is 13.3. The number of benzene rings is 2. The number of amides is 3. The number of aromatic nitrogens is 3. The fourth-order valence-corrected chi connectivity index (χ4v) is 5.30. The van der Waals surface area contributed by atoms with Gasteiger partial charge in [0.25, 0.3) is 0 Å². The first-order chi connectivity index (χ1) is 20.4. The van der Waals surface area contributed by atoms with Crippen LogP contribution in [0.25, 0.3) is 17.1 Å². The lowest BCUT2D eigenvalue weighted by atomic mass is 9.99. The van der Waals surface area contributed by atoms with Gasteiger partial charge in [-0.3, -0.25) is 14.3 Å². The van der Waals surface area contributed by atoms with Crippen LogP contribution in [0.3, 0.4) is 0 Å². The third kappa shape index (κ3) is 6.56. The Balaban J connectivity index is 1.30. The summed E-state index contributed by atoms with van der Waals surface area (Å²) in [6.45, 7) is 4.09. The van der Waals surface area contributed by atoms with Gasteiger partial charge in [-0.05, 0) is 47.9 Å². The van der Waals surface area contributed by atoms with E-state index in [4.69, 9.17) is 0 Å². The Morgan fingerprint density at radius 1 is 1.07 bits per heavy atom. The van der Waals surface area contributed by atoms with E-state index in [-0.39, 0.29) is 17.6 Å². The SMILES string of the molecule is CC(C)c1ccc(N(C)C)cc1N1C(=O)CSC1=NC(=O)Nc1ccc(-c2cn(-c3ccc(C(F)(F)F)cn3)cn2)cc1. The monoisotopic (exact) mass is 607 g/mol. The fourth-order valence-electron chi connectivity index (χ4n) is 4.44. The van der Waals surface area contributed by atoms with E-state index in [0.717, 1.165) is 29.1 Å². The highest BCUT2D eigenvalue weighted by Gasteiger charge is 2.33. The summed E-state index contributed by atoms with van der Waals surface area (Å²) >= 11 is 1.21. The Morgan fingerprint density at radius 2 is 1.81 bits per heavy atom. The first-order valence-corrected chi connectivity index (χ1v) is 14.2. The molecule has 4 aromatic rings. The van der Waals surface area contributed by atoms with Gasteiger partial charge < -0.3 is 10.2 Å². The predicted molar refractivity (Wildman–Crippen MR) is 163 cm³/mol. The molecule has 0 bridgehead atoms. The molecule has 0 aliphatic carbocycles. The van der Waals surface area contributed by atoms with E-state index in [1.165, 1.54) is 33.6 Å². The van der Waals surface area contributed by atoms with Crippen LogP contribution in [0, 0.1) is 0 Å². The van der Waals surface area contributed by atoms with Gasteiger partial charge in [0.05, 0.1) is 22.7 Å². The summed E-state index contributed by atoms with van der Waals surface area (Å²) < 4.78 is 40.0. The van der Waals surface area contributed by atoms with Gasteiger partial charge in [0.15, 0.2) is 5.17 Å². The average molecular weight is 608 g/mol. The Labute approximate surface area is 250 Å². The number of hydrogen-bond acceptors (Lipinski definition) is 6. The quantitative estimate of drug-likeness (QED) is 0.259. The van der Waals surface area contributed by atoms with Crippen LogP contribution >= 0.6 is 11.8 Å². The van der Waals surface area contributed by atoms with Crippen molar-refractivity contribution in [3.8, 4) is 17.1 Å². The molecule has 2 aromatic heterocycles. The van der Waals surface area contributed by atoms with E-state index >= 15 is 0 Å². The van der Waals surface area contributed by atoms with Crippen LogP contribution in [0.1, 0.15) is 30.9 Å². The smallest absolute Gasteiger partial charge is 0.378 e. The van der Waals surface area contributed by atoms with E-state index in [9.17, 15) is 22.8 Å². The summed E-state index contributed by atoms with van der Waals surface area (Å²) in [5.41, 5.74) is 3.55. The van der Waals surface area contributed by atoms with Crippen molar-refractivity contribution in [1.82, 2.24) is 14.5 Å². The Kier molecular flexibility index (Phi) is 8.27. The summed E-state index contributed by atoms with van der Waals surface area (Å²) in [5, 5.41) is 3.04. The third-order valence-corrected chi connectivity index (χ3v) is 7.63. The topological polar surface area (TPSA) is 95.7 Å². The van der Waals surface area contributed by atoms with Gasteiger partial charge in [-0.1, -0.05) is 43.8 Å². The Bertz CT molecular complexity index is 1680. The van der Waals surface area contributed by atoms with Gasteiger partial charge in [0, 0.05) is 43.4 Å². The zero-order chi connectivity index (χ0) is 30.9. The van der Waals surface area contributed by atoms with E-state index in [1.807, 2.05) is 51.0 Å². The Hall–Kier alpha value is -4.65. The van der Waals surface area contributed by atoms with Crippen molar-refractivity contribution in [1.29, 1.82) is 0 Å². The standard InChI is InChI=1S/C30H28F3N7O2S/c1-18(2)23-11-10-22(38(3)4)13-25(23)40-27(41)16-43-29(40)37-28(42)36-21-8-5-19(6-9-21)24-15-39(17-35-24)26-12-7-20(14-34-26)30(31,32)33/h5-15,17-18H,16H2,1-4H3,(H,36,42). The normalized spacial score (nSPS) is 14.6. The predicted octanol–water partition coefficient (Wildman–Crippen LogP) is 6.81. The number of thioether (sulfide) groups is 1. The van der Waals surface area contributed by atoms with Crippen LogP contribution in [-0.2, 0) is 11.0 Å². The maximum atomic E-state index is 12.9. The van der Waals surface area contributed by atoms with Gasteiger partial charge in [-0.25, -0.2) is 14.8 Å². The highest BCUT2D eigenvalue weighted by atomic mass is 32.2. The number of pyridine rings is 1. The molecule has 13 heteroatoms. The molecule has 1 fully saturated rings. The largest absolute Gasteiger partial charge is 0.417 e. The molecule has 43 heavy (non-hydrogen) atoms. The molecule has 5 rings (SSSR count). The van der Waals surface area contributed by atoms with Crippen LogP contribution in [-0.4, -0.2) is 51.5 Å². The highest BCUT2D eigenvalue weighted by molar-refractivity contribution is 8.15. The molecule has 222 valence electrons. The van der Waals surface area contributed by atoms with Crippen molar-refractivity contribution in [2.24, 2.45) is 4.99 Å². The molecule has 0 spiro atoms. The zero-order valence-electron chi connectivity index (χ0n) is 23.8. The van der Waals surface area contributed by atoms with Gasteiger partial charge in [0.1, 0.15) is 12.1 Å². The lowest BCUT2D eigenvalue weighted by Gasteiger charge is -2.24. The molecule has 1 saturated heterocycles. The lowest BCUT2D eigenvalue weighted by Crippen LogP contribution is -2.31. The average Bonchev–Trinajstić information content (AvgIpc) is 3.59. The minimum absolute atomic E-state index is 0.148. The molecule has 3 amide bonds. The highest BCUT2D eigenvalue weighted by Crippen LogP contribution is 2.36. The second-order valence-electron chi connectivity index (χ2n) is 10.3. The molecule has 1 aliphatic heterocycles. The van der Waals surface area contributed by atoms with Gasteiger partial charge in [0.2, 0.25) is 5.91 Å². The minimum Gasteiger partial charge on any atom is -0.378 e. The van der Waals surface area contributed by atoms with Crippen molar-refractivity contribution in [2.45, 2.75) is 25.9 Å². The molecular weight excluding hydrogens is 579 g/mol. The molecule has 1 aliphatic rings. The van der Waals surface area contributed by atoms with Gasteiger partial charge in [-0.2, -0.15) is 18.2 Å². The number of imidazole rings is 1. The number of carbonyl (C=O) groups excluding carboxylic acids is 2. The number of halogens is 3. The summed E-state index contributed by atoms with van der Waals surface area (Å²) in [4.78, 5) is 41.7. The van der Waals surface area contributed by atoms with Crippen LogP contribution in [0.15, 0.2) is 78.3 Å². The summed E-state index contributed by atoms with van der Waals surface area (Å²) in [6.07, 6.45) is -0.577. The van der Waals surface area contributed by atoms with Crippen molar-refractivity contribution in [3.63, 3.8) is 0 Å². The third-order valence-electron chi connectivity index (χ3n) is 6.71. The molecular formula is C30H28F3N7O2S. The zero-order valence-corrected chi connectivity index (χ0v) is 24.6. The second-order valence-corrected chi connectivity index (χ2v) is 11.2. The number of nitrogens with zero attached hydrogens (tertiary/aromatic N) is 6. The number of nitrogens with one attached hydrogen (secondary N) is 1. The number of aliphatic imine (C=N–C) groups is 1. The molecule has 0 unspecified atom stereocenters. The lowest BCUT2D eigenvalue weighted by molar-refractivity contribution is -0.137. The Morgan fingerprint density at radius 3 is 2.44 bits per heavy atom. The van der Waals surface area contributed by atoms with Crippen LogP contribution < -0.4 is 15.1 Å². The van der Waals surface area contributed by atoms with E-state index in [2.05, 4.69) is 20.3 Å². The van der Waals surface area contributed by atoms with Gasteiger partial charge >= 0.3 is 12.2 Å². The second kappa shape index (κ2) is 11.9. The molecule has 0 saturated carbocycles. The minimum atomic E-state index is -4.46. The number of alkyl halides is 3. The molecule has 0 atom stereocenters. The van der Waals surface area contributed by atoms with E-state index < -0.39 is 17.8 Å². The van der Waals surface area contributed by atoms with Crippen molar-refractivity contribution >= 4 is 45.9 Å². The molecule has 2 aromatic carbocycles. The van der Waals surface area contributed by atoms with E-state index in [1.54, 1.807) is 30.5 Å². The number of urea groups is 1. The summed E-state index contributed by atoms with van der Waals surface area (Å²) in [5.74, 6) is 0.473. The van der Waals surface area contributed by atoms with Crippen molar-refractivity contribution < 1.29 is 22.8 Å². The van der Waals surface area contributed by atoms with Gasteiger partial charge in [-0.15, -0.1) is 0 Å². The number of carbonyl (C=O) groups is 2. The van der Waals surface area contributed by atoms with Crippen LogP contribution in [0.5, 0.6) is 0 Å². The molecule has 3 heterocycles. The molecule has 0 radical (unpaired) electrons. The summed E-state index contributed by atoms with van der Waals surface area (Å²) in [7, 11) is 3.84. The number of hydrogen-bond donors (Lipinski definition) is 1. The number of anilines is 3. The van der Waals surface area contributed by atoms with Crippen molar-refractivity contribution in [2.75, 3.05) is 35.0 Å². The first kappa shape index (κ1) is 29.8. The fraction of sp³-hybridized carbons (Fsp3) is 0.233. The van der Waals surface area contributed by atoms with E-state index in [0.29, 0.717) is 28.1 Å². The van der Waals surface area contributed by atoms with Crippen molar-refractivity contribution in [3.05, 3.63) is 84.4 Å². The van der Waals surface area contributed by atoms with Crippen LogP contribution in [0.4, 0.5) is 35.0 Å². The maximum Gasteiger partial charge on any atom is 0.417 e. The maximum absolute atomic E-state index is 12.9. The molecule has 9 nitrogen and oxygen atoms in total. The summed E-state index contributed by atoms with van der Waals surface area (Å²) in [6, 6.07) is 14.4. The number of rotatable bonds is 6.